The molecule has 1 aromatic rings. The van der Waals surface area contributed by atoms with Crippen molar-refractivity contribution in [3.05, 3.63) is 21.7 Å². The minimum atomic E-state index is -0.974. The van der Waals surface area contributed by atoms with E-state index in [9.17, 15) is 14.7 Å². The van der Waals surface area contributed by atoms with Gasteiger partial charge in [-0.1, -0.05) is 0 Å². The topological polar surface area (TPSA) is 95.1 Å². The van der Waals surface area contributed by atoms with Crippen LogP contribution < -0.4 is 11.0 Å². The summed E-state index contributed by atoms with van der Waals surface area (Å²) in [7, 11) is 0. The van der Waals surface area contributed by atoms with Gasteiger partial charge in [-0.05, 0) is 26.4 Å². The first kappa shape index (κ1) is 17.1. The van der Waals surface area contributed by atoms with Crippen LogP contribution in [0.5, 0.6) is 0 Å². The number of carbonyl (C=O) groups is 1. The Kier molecular flexibility index (Phi) is 6.09. The van der Waals surface area contributed by atoms with Crippen LogP contribution in [0.15, 0.2) is 9.82 Å². The largest absolute Gasteiger partial charge is 0.387 e. The zero-order valence-corrected chi connectivity index (χ0v) is 13.6. The molecule has 0 aliphatic rings. The molecular weight excluding hydrogens is 298 g/mol. The average Bonchev–Trinajstić information content (AvgIpc) is 2.35. The first-order valence-corrected chi connectivity index (χ1v) is 8.57. The fraction of sp³-hybridized carbons (Fsp3) is 0.583. The minimum Gasteiger partial charge on any atom is -0.387 e. The molecule has 0 saturated carbocycles. The van der Waals surface area contributed by atoms with Crippen molar-refractivity contribution in [1.29, 1.82) is 0 Å². The SMILES string of the molecule is CSCC(C)(O)CNC(=O)c1c(SC)nc(=O)[nH]c1C. The van der Waals surface area contributed by atoms with E-state index in [-0.39, 0.29) is 12.5 Å². The van der Waals surface area contributed by atoms with E-state index in [4.69, 9.17) is 0 Å². The number of aromatic amines is 1. The Morgan fingerprint density at radius 2 is 2.15 bits per heavy atom. The second-order valence-electron chi connectivity index (χ2n) is 4.66. The van der Waals surface area contributed by atoms with E-state index >= 15 is 0 Å². The van der Waals surface area contributed by atoms with Crippen LogP contribution >= 0.6 is 23.5 Å². The van der Waals surface area contributed by atoms with Gasteiger partial charge in [-0.2, -0.15) is 16.7 Å². The number of hydrogen-bond donors (Lipinski definition) is 3. The molecule has 8 heteroatoms. The Labute approximate surface area is 126 Å². The van der Waals surface area contributed by atoms with Crippen molar-refractivity contribution in [2.24, 2.45) is 0 Å². The lowest BCUT2D eigenvalue weighted by Gasteiger charge is -2.22. The summed E-state index contributed by atoms with van der Waals surface area (Å²) >= 11 is 2.74. The number of aromatic nitrogens is 2. The lowest BCUT2D eigenvalue weighted by Crippen LogP contribution is -2.43. The number of aryl methyl sites for hydroxylation is 1. The molecule has 0 saturated heterocycles. The molecule has 3 N–H and O–H groups in total. The van der Waals surface area contributed by atoms with Crippen molar-refractivity contribution in [2.45, 2.75) is 24.5 Å². The molecule has 1 amide bonds. The van der Waals surface area contributed by atoms with Gasteiger partial charge in [-0.3, -0.25) is 4.79 Å². The normalized spacial score (nSPS) is 13.8. The van der Waals surface area contributed by atoms with E-state index in [0.29, 0.717) is 22.0 Å². The summed E-state index contributed by atoms with van der Waals surface area (Å²) < 4.78 is 0. The highest BCUT2D eigenvalue weighted by Crippen LogP contribution is 2.18. The lowest BCUT2D eigenvalue weighted by atomic mass is 10.1. The third kappa shape index (κ3) is 4.53. The molecule has 20 heavy (non-hydrogen) atoms. The first-order chi connectivity index (χ1) is 9.30. The number of aliphatic hydroxyl groups is 1. The number of hydrogen-bond acceptors (Lipinski definition) is 6. The zero-order valence-electron chi connectivity index (χ0n) is 11.9. The summed E-state index contributed by atoms with van der Waals surface area (Å²) in [4.78, 5) is 29.8. The van der Waals surface area contributed by atoms with Gasteiger partial charge in [0.25, 0.3) is 5.91 Å². The molecule has 0 spiro atoms. The lowest BCUT2D eigenvalue weighted by molar-refractivity contribution is 0.0722. The van der Waals surface area contributed by atoms with Crippen molar-refractivity contribution >= 4 is 29.4 Å². The van der Waals surface area contributed by atoms with Crippen molar-refractivity contribution < 1.29 is 9.90 Å². The summed E-state index contributed by atoms with van der Waals surface area (Å²) in [5, 5.41) is 13.1. The molecule has 1 heterocycles. The molecule has 0 bridgehead atoms. The Balaban J connectivity index is 2.91. The van der Waals surface area contributed by atoms with Crippen LogP contribution in [0.3, 0.4) is 0 Å². The van der Waals surface area contributed by atoms with E-state index in [1.807, 2.05) is 6.26 Å². The molecule has 0 aromatic carbocycles. The predicted molar refractivity (Wildman–Crippen MR) is 82.7 cm³/mol. The fourth-order valence-corrected chi connectivity index (χ4v) is 3.04. The van der Waals surface area contributed by atoms with Gasteiger partial charge >= 0.3 is 5.69 Å². The highest BCUT2D eigenvalue weighted by Gasteiger charge is 2.23. The maximum absolute atomic E-state index is 12.2. The van der Waals surface area contributed by atoms with Gasteiger partial charge in [0.05, 0.1) is 11.2 Å². The van der Waals surface area contributed by atoms with Gasteiger partial charge in [0.2, 0.25) is 0 Å². The summed E-state index contributed by atoms with van der Waals surface area (Å²) in [5.74, 6) is 0.169. The van der Waals surface area contributed by atoms with Gasteiger partial charge in [0.1, 0.15) is 5.03 Å². The van der Waals surface area contributed by atoms with Crippen molar-refractivity contribution in [3.63, 3.8) is 0 Å². The van der Waals surface area contributed by atoms with Crippen LogP contribution in [0.1, 0.15) is 23.0 Å². The van der Waals surface area contributed by atoms with E-state index in [1.165, 1.54) is 23.5 Å². The van der Waals surface area contributed by atoms with Gasteiger partial charge < -0.3 is 15.4 Å². The van der Waals surface area contributed by atoms with Gasteiger partial charge in [-0.15, -0.1) is 11.8 Å². The van der Waals surface area contributed by atoms with E-state index in [0.717, 1.165) is 0 Å². The second-order valence-corrected chi connectivity index (χ2v) is 6.32. The smallest absolute Gasteiger partial charge is 0.346 e. The fourth-order valence-electron chi connectivity index (χ4n) is 1.70. The van der Waals surface area contributed by atoms with Crippen molar-refractivity contribution in [2.75, 3.05) is 24.8 Å². The summed E-state index contributed by atoms with van der Waals surface area (Å²) in [6, 6.07) is 0. The van der Waals surface area contributed by atoms with Crippen LogP contribution in [0, 0.1) is 6.92 Å². The third-order valence-electron chi connectivity index (χ3n) is 2.59. The number of rotatable bonds is 6. The Morgan fingerprint density at radius 1 is 1.50 bits per heavy atom. The van der Waals surface area contributed by atoms with Gasteiger partial charge in [0, 0.05) is 18.0 Å². The Bertz CT molecular complexity index is 543. The maximum Gasteiger partial charge on any atom is 0.346 e. The molecule has 1 unspecified atom stereocenters. The molecule has 0 aliphatic carbocycles. The minimum absolute atomic E-state index is 0.138. The van der Waals surface area contributed by atoms with Gasteiger partial charge in [0.15, 0.2) is 0 Å². The van der Waals surface area contributed by atoms with E-state index in [1.54, 1.807) is 20.1 Å². The Morgan fingerprint density at radius 3 is 2.70 bits per heavy atom. The quantitative estimate of drug-likeness (QED) is 0.526. The number of carbonyl (C=O) groups excluding carboxylic acids is 1. The first-order valence-electron chi connectivity index (χ1n) is 5.95. The zero-order chi connectivity index (χ0) is 15.3. The summed E-state index contributed by atoms with van der Waals surface area (Å²) in [6.07, 6.45) is 3.64. The van der Waals surface area contributed by atoms with Crippen LogP contribution in [-0.2, 0) is 0 Å². The van der Waals surface area contributed by atoms with Gasteiger partial charge in [-0.25, -0.2) is 4.79 Å². The average molecular weight is 317 g/mol. The number of H-pyrrole nitrogens is 1. The monoisotopic (exact) mass is 317 g/mol. The number of nitrogens with one attached hydrogen (secondary N) is 2. The Hall–Kier alpha value is -0.990. The molecule has 112 valence electrons. The third-order valence-corrected chi connectivity index (χ3v) is 4.18. The van der Waals surface area contributed by atoms with Crippen LogP contribution in [0.25, 0.3) is 0 Å². The second kappa shape index (κ2) is 7.14. The van der Waals surface area contributed by atoms with E-state index < -0.39 is 11.3 Å². The highest BCUT2D eigenvalue weighted by molar-refractivity contribution is 7.98. The summed E-state index contributed by atoms with van der Waals surface area (Å²) in [5.41, 5.74) is -0.635. The molecular formula is C12H19N3O3S2. The molecule has 0 aliphatic heterocycles. The van der Waals surface area contributed by atoms with Crippen LogP contribution in [-0.4, -0.2) is 51.4 Å². The van der Waals surface area contributed by atoms with Crippen LogP contribution in [0.2, 0.25) is 0 Å². The molecule has 6 nitrogen and oxygen atoms in total. The summed E-state index contributed by atoms with van der Waals surface area (Å²) in [6.45, 7) is 3.45. The molecule has 1 rings (SSSR count). The molecule has 0 radical (unpaired) electrons. The maximum atomic E-state index is 12.2. The molecule has 1 atom stereocenters. The molecule has 0 fully saturated rings. The van der Waals surface area contributed by atoms with Crippen molar-refractivity contribution in [1.82, 2.24) is 15.3 Å². The number of nitrogens with zero attached hydrogens (tertiary/aromatic N) is 1. The van der Waals surface area contributed by atoms with Crippen LogP contribution in [0.4, 0.5) is 0 Å². The standard InChI is InChI=1S/C12H19N3O3S2/c1-7-8(10(20-4)15-11(17)14-7)9(16)13-5-12(2,18)6-19-3/h18H,5-6H2,1-4H3,(H,13,16)(H,14,15,17). The molecule has 1 aromatic heterocycles. The predicted octanol–water partition coefficient (Wildman–Crippen LogP) is 0.644. The highest BCUT2D eigenvalue weighted by atomic mass is 32.2. The number of amides is 1. The van der Waals surface area contributed by atoms with E-state index in [2.05, 4.69) is 15.3 Å². The van der Waals surface area contributed by atoms with Crippen molar-refractivity contribution in [3.8, 4) is 0 Å². The number of thioether (sulfide) groups is 2.